The van der Waals surface area contributed by atoms with Crippen LogP contribution in [0.2, 0.25) is 0 Å². The minimum atomic E-state index is -2.77. The van der Waals surface area contributed by atoms with Gasteiger partial charge in [-0.15, -0.1) is 0 Å². The number of hydrogen-bond donors (Lipinski definition) is 4. The average Bonchev–Trinajstić information content (AvgIpc) is 3.12. The van der Waals surface area contributed by atoms with E-state index < -0.39 is 23.8 Å². The van der Waals surface area contributed by atoms with Crippen LogP contribution in [0.4, 0.5) is 0 Å². The first kappa shape index (κ1) is 25.0. The third-order valence-corrected chi connectivity index (χ3v) is 4.51. The molecule has 0 spiro atoms. The van der Waals surface area contributed by atoms with Gasteiger partial charge in [0.05, 0.1) is 0 Å². The molecular weight excluding hydrogens is 417 g/mol. The van der Waals surface area contributed by atoms with E-state index in [9.17, 15) is 24.9 Å². The van der Waals surface area contributed by atoms with E-state index >= 15 is 0 Å². The fraction of sp³-hybridized carbons (Fsp3) is 0.333. The fourth-order valence-corrected chi connectivity index (χ4v) is 2.97. The van der Waals surface area contributed by atoms with Crippen molar-refractivity contribution in [1.82, 2.24) is 5.32 Å². The van der Waals surface area contributed by atoms with Crippen molar-refractivity contribution >= 4 is 41.5 Å². The van der Waals surface area contributed by atoms with E-state index in [0.29, 0.717) is 18.7 Å². The molecular formula is C21H23NNaO8. The Balaban J connectivity index is 0.00000341. The molecule has 161 valence electrons. The summed E-state index contributed by atoms with van der Waals surface area (Å²) in [5, 5.41) is 31.6. The van der Waals surface area contributed by atoms with Gasteiger partial charge >= 0.3 is 17.7 Å². The zero-order chi connectivity index (χ0) is 21.7. The second kappa shape index (κ2) is 10.8. The third kappa shape index (κ3) is 6.11. The first-order chi connectivity index (χ1) is 14.3. The molecule has 4 N–H and O–H groups in total. The molecule has 3 rings (SSSR count). The number of benzene rings is 2. The van der Waals surface area contributed by atoms with Crippen LogP contribution in [-0.2, 0) is 16.0 Å². The molecule has 0 unspecified atom stereocenters. The van der Waals surface area contributed by atoms with Gasteiger partial charge in [-0.05, 0) is 43.2 Å². The van der Waals surface area contributed by atoms with Crippen molar-refractivity contribution in [1.29, 1.82) is 0 Å². The summed E-state index contributed by atoms with van der Waals surface area (Å²) >= 11 is 0. The summed E-state index contributed by atoms with van der Waals surface area (Å²) < 4.78 is 15.7. The van der Waals surface area contributed by atoms with E-state index in [0.717, 1.165) is 5.56 Å². The molecule has 31 heavy (non-hydrogen) atoms. The first-order valence-corrected chi connectivity index (χ1v) is 9.37. The van der Waals surface area contributed by atoms with Gasteiger partial charge in [0, 0.05) is 42.1 Å². The number of rotatable bonds is 10. The number of aliphatic hydroxyl groups excluding tert-OH is 1. The Labute approximate surface area is 201 Å². The quantitative estimate of drug-likeness (QED) is 0.314. The number of carboxylic acid groups (broad SMARTS) is 2. The Morgan fingerprint density at radius 3 is 2.35 bits per heavy atom. The minimum Gasteiger partial charge on any atom is -0.491 e. The van der Waals surface area contributed by atoms with Crippen LogP contribution in [0, 0.1) is 0 Å². The number of aliphatic carboxylic acids is 2. The van der Waals surface area contributed by atoms with Crippen LogP contribution in [-0.4, -0.2) is 87.9 Å². The van der Waals surface area contributed by atoms with Gasteiger partial charge in [0.2, 0.25) is 0 Å². The van der Waals surface area contributed by atoms with Crippen LogP contribution in [0.25, 0.3) is 0 Å². The number of carboxylic acids is 2. The Hall–Kier alpha value is -2.30. The maximum absolute atomic E-state index is 11.3. The van der Waals surface area contributed by atoms with Gasteiger partial charge in [0.25, 0.3) is 0 Å². The second-order valence-electron chi connectivity index (χ2n) is 7.00. The Bertz CT molecular complexity index is 894. The van der Waals surface area contributed by atoms with Crippen molar-refractivity contribution < 1.29 is 39.1 Å². The van der Waals surface area contributed by atoms with Gasteiger partial charge in [-0.2, -0.15) is 0 Å². The normalized spacial score (nSPS) is 15.4. The molecule has 10 heteroatoms. The molecule has 1 radical (unpaired) electrons. The number of fused-ring (bicyclic) bond motifs is 1. The van der Waals surface area contributed by atoms with Crippen molar-refractivity contribution in [2.45, 2.75) is 31.3 Å². The second-order valence-corrected chi connectivity index (χ2v) is 7.00. The predicted molar refractivity (Wildman–Crippen MR) is 111 cm³/mol. The topological polar surface area (TPSA) is 135 Å². The fourth-order valence-electron chi connectivity index (χ4n) is 2.97. The molecule has 1 aliphatic heterocycles. The third-order valence-electron chi connectivity index (χ3n) is 4.51. The van der Waals surface area contributed by atoms with Gasteiger partial charge < -0.3 is 34.8 Å². The van der Waals surface area contributed by atoms with E-state index in [1.54, 1.807) is 12.1 Å². The summed E-state index contributed by atoms with van der Waals surface area (Å²) in [6, 6.07) is 13.9. The number of para-hydroxylation sites is 1. The molecule has 2 aromatic carbocycles. The molecule has 0 aliphatic carbocycles. The van der Waals surface area contributed by atoms with E-state index in [1.807, 2.05) is 37.3 Å². The van der Waals surface area contributed by atoms with Crippen LogP contribution in [0.5, 0.6) is 17.2 Å². The summed E-state index contributed by atoms with van der Waals surface area (Å²) in [4.78, 5) is 22.6. The minimum absolute atomic E-state index is 0. The molecule has 2 atom stereocenters. The van der Waals surface area contributed by atoms with E-state index in [-0.39, 0.29) is 53.7 Å². The Kier molecular flexibility index (Phi) is 8.72. The van der Waals surface area contributed by atoms with Crippen molar-refractivity contribution in [3.05, 3.63) is 54.1 Å². The van der Waals surface area contributed by atoms with Gasteiger partial charge in [0.15, 0.2) is 11.5 Å². The predicted octanol–water partition coefficient (Wildman–Crippen LogP) is 0.903. The zero-order valence-corrected chi connectivity index (χ0v) is 19.3. The van der Waals surface area contributed by atoms with Crippen molar-refractivity contribution in [2.75, 3.05) is 13.2 Å². The van der Waals surface area contributed by atoms with Gasteiger partial charge in [-0.3, -0.25) is 0 Å². The molecule has 0 bridgehead atoms. The molecule has 0 fully saturated rings. The molecule has 1 aliphatic rings. The van der Waals surface area contributed by atoms with Gasteiger partial charge in [-0.1, -0.05) is 24.3 Å². The van der Waals surface area contributed by atoms with Crippen LogP contribution in [0.3, 0.4) is 0 Å². The number of nitrogens with one attached hydrogen (secondary N) is 1. The van der Waals surface area contributed by atoms with Crippen molar-refractivity contribution in [3.8, 4) is 17.2 Å². The van der Waals surface area contributed by atoms with E-state index in [2.05, 4.69) is 5.32 Å². The summed E-state index contributed by atoms with van der Waals surface area (Å²) in [7, 11) is 0. The maximum atomic E-state index is 11.3. The maximum Gasteiger partial charge on any atom is 0.453 e. The Morgan fingerprint density at radius 2 is 1.71 bits per heavy atom. The molecule has 0 saturated carbocycles. The Morgan fingerprint density at radius 1 is 1.06 bits per heavy atom. The molecule has 9 nitrogen and oxygen atoms in total. The monoisotopic (exact) mass is 440 g/mol. The van der Waals surface area contributed by atoms with Gasteiger partial charge in [0.1, 0.15) is 18.5 Å². The van der Waals surface area contributed by atoms with Crippen LogP contribution in [0.1, 0.15) is 12.5 Å². The summed E-state index contributed by atoms with van der Waals surface area (Å²) in [5.74, 6) is -5.46. The zero-order valence-electron chi connectivity index (χ0n) is 17.3. The summed E-state index contributed by atoms with van der Waals surface area (Å²) in [6.07, 6.45) is -0.160. The average molecular weight is 440 g/mol. The smallest absolute Gasteiger partial charge is 0.453 e. The number of carbonyl (C=O) groups is 2. The molecule has 0 aromatic heterocycles. The number of ether oxygens (including phenoxy) is 3. The standard InChI is InChI=1S/C21H23NO8.Na/c1-13(22-11-15(23)12-28-16-5-3-2-4-6-16)9-14-7-8-17-18(10-14)30-21(29-17,19(24)25)20(26)27;/h2-8,10,13,15,22-23H,9,11-12H2,1H3,(H,24,25)(H,26,27);/t13-,15+;/m1./s1. The molecule has 2 aromatic rings. The molecule has 0 amide bonds. The summed E-state index contributed by atoms with van der Waals surface area (Å²) in [5.41, 5.74) is 0.791. The molecule has 0 saturated heterocycles. The van der Waals surface area contributed by atoms with Crippen LogP contribution >= 0.6 is 0 Å². The van der Waals surface area contributed by atoms with Crippen molar-refractivity contribution in [3.63, 3.8) is 0 Å². The van der Waals surface area contributed by atoms with Crippen molar-refractivity contribution in [2.24, 2.45) is 0 Å². The number of hydrogen-bond acceptors (Lipinski definition) is 7. The number of aliphatic hydroxyl groups is 1. The SMILES string of the molecule is C[C@H](Cc1ccc2c(c1)OC(C(=O)O)(C(=O)O)O2)NC[C@H](O)COc1ccccc1.[Na]. The summed E-state index contributed by atoms with van der Waals surface area (Å²) in [6.45, 7) is 2.40. The van der Waals surface area contributed by atoms with Crippen LogP contribution < -0.4 is 19.5 Å². The largest absolute Gasteiger partial charge is 0.491 e. The van der Waals surface area contributed by atoms with E-state index in [1.165, 1.54) is 6.07 Å². The first-order valence-electron chi connectivity index (χ1n) is 9.37. The van der Waals surface area contributed by atoms with E-state index in [4.69, 9.17) is 14.2 Å². The van der Waals surface area contributed by atoms with Gasteiger partial charge in [-0.25, -0.2) is 9.59 Å². The molecule has 1 heterocycles. The van der Waals surface area contributed by atoms with Crippen LogP contribution in [0.15, 0.2) is 48.5 Å².